The number of alkyl halides is 1. The average Bonchev–Trinajstić information content (AvgIpc) is 2.33. The molecule has 2 aromatic rings. The first kappa shape index (κ1) is 14.6. The zero-order chi connectivity index (χ0) is 14.2. The summed E-state index contributed by atoms with van der Waals surface area (Å²) in [6.45, 7) is 1.76. The highest BCUT2D eigenvalue weighted by molar-refractivity contribution is 9.10. The first-order chi connectivity index (χ1) is 8.90. The molecule has 1 unspecified atom stereocenters. The first-order valence-electron chi connectivity index (χ1n) is 5.44. The molecule has 0 heterocycles. The lowest BCUT2D eigenvalue weighted by molar-refractivity contribution is 0.577. The number of aryl methyl sites for hydroxylation is 1. The molecule has 0 spiro atoms. The molecule has 0 bridgehead atoms. The molecule has 1 atom stereocenters. The summed E-state index contributed by atoms with van der Waals surface area (Å²) >= 11 is 6.12. The quantitative estimate of drug-likeness (QED) is 0.456. The van der Waals surface area contributed by atoms with Gasteiger partial charge in [-0.3, -0.25) is 0 Å². The van der Waals surface area contributed by atoms with Crippen LogP contribution in [-0.2, 0) is 0 Å². The van der Waals surface area contributed by atoms with E-state index in [1.165, 1.54) is 6.07 Å². The fraction of sp³-hybridized carbons (Fsp3) is 0.143. The molecule has 2 aromatic carbocycles. The van der Waals surface area contributed by atoms with Crippen LogP contribution in [0.5, 0.6) is 0 Å². The predicted molar refractivity (Wildman–Crippen MR) is 76.0 cm³/mol. The maximum Gasteiger partial charge on any atom is 0.137 e. The highest BCUT2D eigenvalue weighted by atomic mass is 79.9. The van der Waals surface area contributed by atoms with Crippen LogP contribution in [0.15, 0.2) is 34.8 Å². The zero-order valence-electron chi connectivity index (χ0n) is 9.85. The van der Waals surface area contributed by atoms with Crippen LogP contribution in [-0.4, -0.2) is 0 Å². The Labute approximate surface area is 125 Å². The maximum absolute atomic E-state index is 13.8. The van der Waals surface area contributed by atoms with Crippen molar-refractivity contribution < 1.29 is 13.2 Å². The predicted octanol–water partition coefficient (Wildman–Crippen LogP) is 5.66. The fourth-order valence-electron chi connectivity index (χ4n) is 1.74. The van der Waals surface area contributed by atoms with Crippen molar-refractivity contribution in [1.82, 2.24) is 0 Å². The van der Waals surface area contributed by atoms with Crippen LogP contribution < -0.4 is 0 Å². The minimum Gasteiger partial charge on any atom is -0.207 e. The van der Waals surface area contributed by atoms with E-state index < -0.39 is 22.3 Å². The van der Waals surface area contributed by atoms with E-state index in [1.54, 1.807) is 19.1 Å². The van der Waals surface area contributed by atoms with Gasteiger partial charge in [0.15, 0.2) is 0 Å². The van der Waals surface area contributed by atoms with Gasteiger partial charge in [-0.25, -0.2) is 13.2 Å². The van der Waals surface area contributed by atoms with Gasteiger partial charge in [-0.2, -0.15) is 0 Å². The molecule has 0 saturated heterocycles. The SMILES string of the molecule is Cc1ccc(C(Br)c2cc(F)c(Br)cc2F)c(F)c1. The lowest BCUT2D eigenvalue weighted by Crippen LogP contribution is -2.01. The van der Waals surface area contributed by atoms with Crippen LogP contribution in [0.4, 0.5) is 13.2 Å². The van der Waals surface area contributed by atoms with E-state index >= 15 is 0 Å². The Hall–Kier alpha value is -0.810. The number of hydrogen-bond donors (Lipinski definition) is 0. The molecular formula is C14H9Br2F3. The Morgan fingerprint density at radius 3 is 2.16 bits per heavy atom. The largest absolute Gasteiger partial charge is 0.207 e. The molecule has 5 heteroatoms. The Morgan fingerprint density at radius 2 is 1.53 bits per heavy atom. The second kappa shape index (κ2) is 5.67. The van der Waals surface area contributed by atoms with Gasteiger partial charge in [0.2, 0.25) is 0 Å². The summed E-state index contributed by atoms with van der Waals surface area (Å²) in [6.07, 6.45) is 0. The zero-order valence-corrected chi connectivity index (χ0v) is 13.0. The normalized spacial score (nSPS) is 12.5. The van der Waals surface area contributed by atoms with Crippen LogP contribution in [0.2, 0.25) is 0 Å². The Morgan fingerprint density at radius 1 is 0.895 bits per heavy atom. The van der Waals surface area contributed by atoms with E-state index in [4.69, 9.17) is 0 Å². The highest BCUT2D eigenvalue weighted by Crippen LogP contribution is 2.35. The van der Waals surface area contributed by atoms with E-state index in [-0.39, 0.29) is 15.6 Å². The summed E-state index contributed by atoms with van der Waals surface area (Å²) in [4.78, 5) is -0.740. The molecule has 0 fully saturated rings. The summed E-state index contributed by atoms with van der Waals surface area (Å²) in [5.41, 5.74) is 1.10. The van der Waals surface area contributed by atoms with Gasteiger partial charge < -0.3 is 0 Å². The standard InChI is InChI=1S/C14H9Br2F3/c1-7-2-3-8(11(17)4-7)14(16)9-5-13(19)10(15)6-12(9)18/h2-6,14H,1H3. The molecule has 0 aliphatic heterocycles. The Kier molecular flexibility index (Phi) is 4.36. The first-order valence-corrected chi connectivity index (χ1v) is 7.15. The third kappa shape index (κ3) is 3.03. The van der Waals surface area contributed by atoms with Gasteiger partial charge in [0, 0.05) is 11.1 Å². The molecule has 2 rings (SSSR count). The number of rotatable bonds is 2. The van der Waals surface area contributed by atoms with Crippen LogP contribution in [0.25, 0.3) is 0 Å². The Bertz CT molecular complexity index is 626. The molecule has 0 aliphatic carbocycles. The van der Waals surface area contributed by atoms with Crippen molar-refractivity contribution in [2.45, 2.75) is 11.8 Å². The van der Waals surface area contributed by atoms with Crippen LogP contribution >= 0.6 is 31.9 Å². The number of benzene rings is 2. The van der Waals surface area contributed by atoms with Crippen molar-refractivity contribution in [2.24, 2.45) is 0 Å². The lowest BCUT2D eigenvalue weighted by atomic mass is 10.0. The van der Waals surface area contributed by atoms with Crippen molar-refractivity contribution >= 4 is 31.9 Å². The Balaban J connectivity index is 2.49. The second-order valence-corrected chi connectivity index (χ2v) is 5.95. The summed E-state index contributed by atoms with van der Waals surface area (Å²) in [5.74, 6) is -1.65. The van der Waals surface area contributed by atoms with Gasteiger partial charge in [0.05, 0.1) is 9.30 Å². The second-order valence-electron chi connectivity index (χ2n) is 4.18. The van der Waals surface area contributed by atoms with Gasteiger partial charge in [-0.1, -0.05) is 28.1 Å². The third-order valence-electron chi connectivity index (χ3n) is 2.74. The molecule has 0 N–H and O–H groups in total. The van der Waals surface area contributed by atoms with Gasteiger partial charge >= 0.3 is 0 Å². The van der Waals surface area contributed by atoms with Crippen molar-refractivity contribution in [3.05, 3.63) is 68.9 Å². The molecule has 100 valence electrons. The topological polar surface area (TPSA) is 0 Å². The summed E-state index contributed by atoms with van der Waals surface area (Å²) in [7, 11) is 0. The van der Waals surface area contributed by atoms with Crippen LogP contribution in [0.3, 0.4) is 0 Å². The van der Waals surface area contributed by atoms with E-state index in [0.717, 1.165) is 17.7 Å². The van der Waals surface area contributed by atoms with Gasteiger partial charge in [-0.15, -0.1) is 0 Å². The highest BCUT2D eigenvalue weighted by Gasteiger charge is 2.20. The minimum absolute atomic E-state index is 0.0397. The molecule has 0 amide bonds. The molecule has 0 aromatic heterocycles. The van der Waals surface area contributed by atoms with Crippen molar-refractivity contribution in [3.63, 3.8) is 0 Å². The van der Waals surface area contributed by atoms with Crippen molar-refractivity contribution in [2.75, 3.05) is 0 Å². The van der Waals surface area contributed by atoms with Crippen LogP contribution in [0.1, 0.15) is 21.5 Å². The number of hydrogen-bond acceptors (Lipinski definition) is 0. The van der Waals surface area contributed by atoms with E-state index in [0.29, 0.717) is 0 Å². The smallest absolute Gasteiger partial charge is 0.137 e. The summed E-state index contributed by atoms with van der Waals surface area (Å²) in [5, 5.41) is 0. The molecule has 19 heavy (non-hydrogen) atoms. The van der Waals surface area contributed by atoms with Crippen molar-refractivity contribution in [1.29, 1.82) is 0 Å². The number of halogens is 5. The third-order valence-corrected chi connectivity index (χ3v) is 4.34. The van der Waals surface area contributed by atoms with Crippen LogP contribution in [0, 0.1) is 24.4 Å². The monoisotopic (exact) mass is 392 g/mol. The minimum atomic E-state index is -0.740. The van der Waals surface area contributed by atoms with Gasteiger partial charge in [0.25, 0.3) is 0 Å². The molecular weight excluding hydrogens is 385 g/mol. The van der Waals surface area contributed by atoms with E-state index in [1.807, 2.05) is 0 Å². The molecule has 0 saturated carbocycles. The van der Waals surface area contributed by atoms with Crippen molar-refractivity contribution in [3.8, 4) is 0 Å². The van der Waals surface area contributed by atoms with E-state index in [2.05, 4.69) is 31.9 Å². The average molecular weight is 394 g/mol. The fourth-order valence-corrected chi connectivity index (χ4v) is 2.78. The summed E-state index contributed by atoms with van der Waals surface area (Å²) in [6, 6.07) is 6.73. The maximum atomic E-state index is 13.8. The lowest BCUT2D eigenvalue weighted by Gasteiger charge is -2.14. The molecule has 0 radical (unpaired) electrons. The van der Waals surface area contributed by atoms with E-state index in [9.17, 15) is 13.2 Å². The van der Waals surface area contributed by atoms with Gasteiger partial charge in [-0.05, 0) is 46.6 Å². The molecule has 0 nitrogen and oxygen atoms in total. The van der Waals surface area contributed by atoms with Gasteiger partial charge in [0.1, 0.15) is 17.5 Å². The summed E-state index contributed by atoms with van der Waals surface area (Å²) < 4.78 is 41.2. The molecule has 0 aliphatic rings.